The van der Waals surface area contributed by atoms with Gasteiger partial charge >= 0.3 is 0 Å². The van der Waals surface area contributed by atoms with Crippen molar-refractivity contribution in [3.05, 3.63) is 89.5 Å². The first-order valence-electron chi connectivity index (χ1n) is 9.48. The van der Waals surface area contributed by atoms with E-state index >= 15 is 0 Å². The number of benzene rings is 3. The molecule has 1 amide bonds. The van der Waals surface area contributed by atoms with Crippen LogP contribution in [-0.2, 0) is 0 Å². The number of nitrogens with one attached hydrogen (secondary N) is 1. The number of amides is 1. The molecule has 1 heterocycles. The number of fused-ring (bicyclic) bond motifs is 1. The number of para-hydroxylation sites is 2. The summed E-state index contributed by atoms with van der Waals surface area (Å²) in [4.78, 5) is 18.2. The van der Waals surface area contributed by atoms with Gasteiger partial charge in [-0.2, -0.15) is 0 Å². The fourth-order valence-corrected chi connectivity index (χ4v) is 3.56. The number of carbonyl (C=O) groups is 1. The molecule has 0 unspecified atom stereocenters. The van der Waals surface area contributed by atoms with E-state index in [-0.39, 0.29) is 5.91 Å². The number of anilines is 1. The van der Waals surface area contributed by atoms with Crippen molar-refractivity contribution in [2.24, 2.45) is 0 Å². The number of methoxy groups -OCH3 is 1. The van der Waals surface area contributed by atoms with E-state index in [0.29, 0.717) is 17.0 Å². The molecule has 0 radical (unpaired) electrons. The Bertz CT molecular complexity index is 1200. The maximum atomic E-state index is 13.3. The monoisotopic (exact) mass is 382 g/mol. The van der Waals surface area contributed by atoms with E-state index < -0.39 is 0 Å². The van der Waals surface area contributed by atoms with Crippen molar-refractivity contribution in [3.8, 4) is 17.0 Å². The predicted molar refractivity (Wildman–Crippen MR) is 118 cm³/mol. The summed E-state index contributed by atoms with van der Waals surface area (Å²) in [5.41, 5.74) is 5.94. The van der Waals surface area contributed by atoms with Gasteiger partial charge < -0.3 is 10.1 Å². The number of rotatable bonds is 4. The second-order valence-corrected chi connectivity index (χ2v) is 7.05. The highest BCUT2D eigenvalue weighted by molar-refractivity contribution is 6.14. The molecule has 3 aromatic carbocycles. The lowest BCUT2D eigenvalue weighted by Gasteiger charge is -2.14. The minimum Gasteiger partial charge on any atom is -0.495 e. The molecule has 0 saturated heterocycles. The van der Waals surface area contributed by atoms with Crippen LogP contribution in [0.5, 0.6) is 5.75 Å². The number of ether oxygens (including phenoxy) is 1. The quantitative estimate of drug-likeness (QED) is 0.487. The lowest BCUT2D eigenvalue weighted by Crippen LogP contribution is -2.14. The average molecular weight is 382 g/mol. The van der Waals surface area contributed by atoms with Gasteiger partial charge in [0, 0.05) is 10.9 Å². The van der Waals surface area contributed by atoms with Crippen molar-refractivity contribution < 1.29 is 9.53 Å². The van der Waals surface area contributed by atoms with Gasteiger partial charge in [-0.05, 0) is 43.7 Å². The van der Waals surface area contributed by atoms with Crippen LogP contribution in [0.3, 0.4) is 0 Å². The van der Waals surface area contributed by atoms with E-state index in [4.69, 9.17) is 9.72 Å². The number of hydrogen-bond acceptors (Lipinski definition) is 3. The zero-order valence-corrected chi connectivity index (χ0v) is 16.7. The zero-order chi connectivity index (χ0) is 20.4. The molecule has 0 aliphatic rings. The summed E-state index contributed by atoms with van der Waals surface area (Å²) in [6, 6.07) is 23.3. The van der Waals surface area contributed by atoms with Gasteiger partial charge in [0.2, 0.25) is 0 Å². The molecule has 0 bridgehead atoms. The van der Waals surface area contributed by atoms with Crippen LogP contribution in [0.25, 0.3) is 22.2 Å². The fraction of sp³-hybridized carbons (Fsp3) is 0.120. The summed E-state index contributed by atoms with van der Waals surface area (Å²) >= 11 is 0. The molecule has 1 N–H and O–H groups in total. The Labute approximate surface area is 170 Å². The molecule has 0 atom stereocenters. The van der Waals surface area contributed by atoms with Crippen LogP contribution < -0.4 is 10.1 Å². The van der Waals surface area contributed by atoms with E-state index in [1.165, 1.54) is 0 Å². The van der Waals surface area contributed by atoms with Crippen molar-refractivity contribution in [2.45, 2.75) is 13.8 Å². The summed E-state index contributed by atoms with van der Waals surface area (Å²) in [5.74, 6) is 0.430. The third-order valence-corrected chi connectivity index (χ3v) is 4.92. The van der Waals surface area contributed by atoms with Gasteiger partial charge in [-0.15, -0.1) is 0 Å². The first-order valence-corrected chi connectivity index (χ1v) is 9.48. The highest BCUT2D eigenvalue weighted by Gasteiger charge is 2.17. The van der Waals surface area contributed by atoms with E-state index in [0.717, 1.165) is 33.3 Å². The standard InChI is InChI=1S/C25H22N2O2/c1-16-13-17(2)24-19(14-16)20(15-22(26-24)18-9-5-4-6-10-18)25(28)27-21-11-7-8-12-23(21)29-3/h4-15H,1-3H3,(H,27,28). The minimum absolute atomic E-state index is 0.191. The smallest absolute Gasteiger partial charge is 0.256 e. The van der Waals surface area contributed by atoms with Gasteiger partial charge in [0.1, 0.15) is 5.75 Å². The SMILES string of the molecule is COc1ccccc1NC(=O)c1cc(-c2ccccc2)nc2c(C)cc(C)cc12. The van der Waals surface area contributed by atoms with Crippen molar-refractivity contribution >= 4 is 22.5 Å². The summed E-state index contributed by atoms with van der Waals surface area (Å²) in [5, 5.41) is 3.84. The van der Waals surface area contributed by atoms with Crippen LogP contribution in [0.4, 0.5) is 5.69 Å². The Morgan fingerprint density at radius 2 is 1.66 bits per heavy atom. The fourth-order valence-electron chi connectivity index (χ4n) is 3.56. The van der Waals surface area contributed by atoms with Gasteiger partial charge in [-0.25, -0.2) is 4.98 Å². The minimum atomic E-state index is -0.191. The predicted octanol–water partition coefficient (Wildman–Crippen LogP) is 5.78. The van der Waals surface area contributed by atoms with Crippen LogP contribution in [0, 0.1) is 13.8 Å². The Kier molecular flexibility index (Phi) is 5.00. The van der Waals surface area contributed by atoms with Crippen LogP contribution in [0.15, 0.2) is 72.8 Å². The summed E-state index contributed by atoms with van der Waals surface area (Å²) in [7, 11) is 1.59. The third kappa shape index (κ3) is 3.69. The zero-order valence-electron chi connectivity index (χ0n) is 16.7. The topological polar surface area (TPSA) is 51.2 Å². The van der Waals surface area contributed by atoms with E-state index in [9.17, 15) is 4.79 Å². The van der Waals surface area contributed by atoms with Gasteiger partial charge in [0.15, 0.2) is 0 Å². The maximum absolute atomic E-state index is 13.3. The van der Waals surface area contributed by atoms with Crippen LogP contribution in [0.2, 0.25) is 0 Å². The highest BCUT2D eigenvalue weighted by Crippen LogP contribution is 2.30. The molecule has 29 heavy (non-hydrogen) atoms. The molecule has 0 spiro atoms. The first-order chi connectivity index (χ1) is 14.1. The Balaban J connectivity index is 1.88. The molecule has 0 saturated carbocycles. The summed E-state index contributed by atoms with van der Waals surface area (Å²) in [6.45, 7) is 4.05. The first kappa shape index (κ1) is 18.7. The molecule has 144 valence electrons. The van der Waals surface area contributed by atoms with Crippen LogP contribution >= 0.6 is 0 Å². The van der Waals surface area contributed by atoms with Crippen molar-refractivity contribution in [1.29, 1.82) is 0 Å². The molecule has 0 aliphatic heterocycles. The lowest BCUT2D eigenvalue weighted by atomic mass is 9.99. The lowest BCUT2D eigenvalue weighted by molar-refractivity contribution is 0.102. The summed E-state index contributed by atoms with van der Waals surface area (Å²) < 4.78 is 5.37. The van der Waals surface area contributed by atoms with Crippen molar-refractivity contribution in [1.82, 2.24) is 4.98 Å². The molecule has 4 aromatic rings. The van der Waals surface area contributed by atoms with Gasteiger partial charge in [0.05, 0.1) is 29.6 Å². The van der Waals surface area contributed by atoms with E-state index in [1.54, 1.807) is 7.11 Å². The largest absolute Gasteiger partial charge is 0.495 e. The molecular formula is C25H22N2O2. The van der Waals surface area contributed by atoms with Crippen molar-refractivity contribution in [3.63, 3.8) is 0 Å². The highest BCUT2D eigenvalue weighted by atomic mass is 16.5. The number of aryl methyl sites for hydroxylation is 2. The second-order valence-electron chi connectivity index (χ2n) is 7.05. The molecular weight excluding hydrogens is 360 g/mol. The van der Waals surface area contributed by atoms with Crippen molar-refractivity contribution in [2.75, 3.05) is 12.4 Å². The van der Waals surface area contributed by atoms with Gasteiger partial charge in [0.25, 0.3) is 5.91 Å². The van der Waals surface area contributed by atoms with Gasteiger partial charge in [-0.1, -0.05) is 54.1 Å². The number of carbonyl (C=O) groups excluding carboxylic acids is 1. The molecule has 1 aromatic heterocycles. The normalized spacial score (nSPS) is 10.7. The Hall–Kier alpha value is -3.66. The number of aromatic nitrogens is 1. The molecule has 4 heteroatoms. The van der Waals surface area contributed by atoms with E-state index in [1.807, 2.05) is 80.6 Å². The number of nitrogens with zero attached hydrogens (tertiary/aromatic N) is 1. The Morgan fingerprint density at radius 1 is 0.931 bits per heavy atom. The molecule has 4 rings (SSSR count). The third-order valence-electron chi connectivity index (χ3n) is 4.92. The number of hydrogen-bond donors (Lipinski definition) is 1. The molecule has 0 fully saturated rings. The molecule has 4 nitrogen and oxygen atoms in total. The summed E-state index contributed by atoms with van der Waals surface area (Å²) in [6.07, 6.45) is 0. The Morgan fingerprint density at radius 3 is 2.41 bits per heavy atom. The van der Waals surface area contributed by atoms with Crippen LogP contribution in [-0.4, -0.2) is 18.0 Å². The maximum Gasteiger partial charge on any atom is 0.256 e. The average Bonchev–Trinajstić information content (AvgIpc) is 2.74. The van der Waals surface area contributed by atoms with E-state index in [2.05, 4.69) is 11.4 Å². The molecule has 0 aliphatic carbocycles. The van der Waals surface area contributed by atoms with Crippen LogP contribution in [0.1, 0.15) is 21.5 Å². The van der Waals surface area contributed by atoms with Gasteiger partial charge in [-0.3, -0.25) is 4.79 Å². The second kappa shape index (κ2) is 7.76. The number of pyridine rings is 1.